The number of halogens is 1. The zero-order chi connectivity index (χ0) is 11.3. The summed E-state index contributed by atoms with van der Waals surface area (Å²) >= 11 is 0. The Kier molecular flexibility index (Phi) is 1.88. The molecule has 3 rings (SSSR count). The fourth-order valence-electron chi connectivity index (χ4n) is 2.32. The summed E-state index contributed by atoms with van der Waals surface area (Å²) in [5.41, 5.74) is 1.10. The van der Waals surface area contributed by atoms with Crippen LogP contribution >= 0.6 is 0 Å². The van der Waals surface area contributed by atoms with Crippen molar-refractivity contribution in [1.82, 2.24) is 5.32 Å². The molecule has 2 fully saturated rings. The molecule has 2 saturated carbocycles. The van der Waals surface area contributed by atoms with Gasteiger partial charge in [-0.1, -0.05) is 12.1 Å². The quantitative estimate of drug-likeness (QED) is 0.813. The molecule has 0 bridgehead atoms. The molecule has 1 N–H and O–H groups in total. The number of nitrogens with one attached hydrogen (secondary N) is 1. The second kappa shape index (κ2) is 3.06. The molecule has 16 heavy (non-hydrogen) atoms. The van der Waals surface area contributed by atoms with Gasteiger partial charge in [-0.25, -0.2) is 4.39 Å². The van der Waals surface area contributed by atoms with Gasteiger partial charge >= 0.3 is 0 Å². The molecule has 2 aliphatic rings. The minimum absolute atomic E-state index is 0.169. The van der Waals surface area contributed by atoms with Crippen molar-refractivity contribution >= 4 is 5.91 Å². The Morgan fingerprint density at radius 3 is 2.88 bits per heavy atom. The highest BCUT2D eigenvalue weighted by atomic mass is 19.1. The van der Waals surface area contributed by atoms with Crippen LogP contribution in [0.15, 0.2) is 18.2 Å². The van der Waals surface area contributed by atoms with Crippen LogP contribution in [0.4, 0.5) is 4.39 Å². The van der Waals surface area contributed by atoms with Crippen LogP contribution in [0.5, 0.6) is 0 Å². The van der Waals surface area contributed by atoms with Crippen LogP contribution < -0.4 is 5.32 Å². The van der Waals surface area contributed by atoms with Gasteiger partial charge in [0.2, 0.25) is 0 Å². The van der Waals surface area contributed by atoms with Gasteiger partial charge in [-0.15, -0.1) is 0 Å². The molecule has 0 aromatic heterocycles. The van der Waals surface area contributed by atoms with Crippen molar-refractivity contribution in [2.75, 3.05) is 0 Å². The summed E-state index contributed by atoms with van der Waals surface area (Å²) in [6.07, 6.45) is 3.51. The zero-order valence-corrected chi connectivity index (χ0v) is 9.22. The van der Waals surface area contributed by atoms with Gasteiger partial charge in [0.25, 0.3) is 5.91 Å². The van der Waals surface area contributed by atoms with Gasteiger partial charge in [0, 0.05) is 6.04 Å². The van der Waals surface area contributed by atoms with Crippen molar-refractivity contribution in [3.63, 3.8) is 0 Å². The molecule has 2 aliphatic carbocycles. The lowest BCUT2D eigenvalue weighted by Crippen LogP contribution is -2.28. The molecule has 1 atom stereocenters. The maximum absolute atomic E-state index is 13.7. The fourth-order valence-corrected chi connectivity index (χ4v) is 2.32. The third-order valence-corrected chi connectivity index (χ3v) is 3.82. The number of rotatable bonds is 2. The van der Waals surface area contributed by atoms with E-state index in [4.69, 9.17) is 0 Å². The molecule has 0 aliphatic heterocycles. The highest BCUT2D eigenvalue weighted by molar-refractivity contribution is 5.95. The lowest BCUT2D eigenvalue weighted by atomic mass is 10.1. The molecule has 2 nitrogen and oxygen atoms in total. The summed E-state index contributed by atoms with van der Waals surface area (Å²) in [4.78, 5) is 11.8. The van der Waals surface area contributed by atoms with Crippen LogP contribution in [-0.4, -0.2) is 11.9 Å². The maximum Gasteiger partial charge on any atom is 0.254 e. The first-order chi connectivity index (χ1) is 7.62. The molecular formula is C13H14FNO. The average molecular weight is 219 g/mol. The smallest absolute Gasteiger partial charge is 0.254 e. The maximum atomic E-state index is 13.7. The number of benzene rings is 1. The highest BCUT2D eigenvalue weighted by Crippen LogP contribution is 2.65. The van der Waals surface area contributed by atoms with E-state index in [0.717, 1.165) is 6.42 Å². The van der Waals surface area contributed by atoms with Gasteiger partial charge in [-0.05, 0) is 43.2 Å². The van der Waals surface area contributed by atoms with Crippen molar-refractivity contribution in [2.45, 2.75) is 32.2 Å². The van der Waals surface area contributed by atoms with E-state index in [-0.39, 0.29) is 11.5 Å². The van der Waals surface area contributed by atoms with Gasteiger partial charge < -0.3 is 5.32 Å². The lowest BCUT2D eigenvalue weighted by molar-refractivity contribution is 0.0944. The standard InChI is InChI=1S/C13H14FNO/c1-8-3-2-4-9(11(8)14)12(16)15-10-7-13(10)5-6-13/h2-4,10H,5-7H2,1H3,(H,15,16)/t10-/m0/s1. The first-order valence-electron chi connectivity index (χ1n) is 5.68. The molecule has 1 spiro atoms. The molecule has 0 radical (unpaired) electrons. The molecule has 3 heteroatoms. The summed E-state index contributed by atoms with van der Waals surface area (Å²) in [6, 6.07) is 5.22. The van der Waals surface area contributed by atoms with Crippen LogP contribution in [0.3, 0.4) is 0 Å². The summed E-state index contributed by atoms with van der Waals surface area (Å²) in [5.74, 6) is -0.666. The van der Waals surface area contributed by atoms with Crippen molar-refractivity contribution < 1.29 is 9.18 Å². The van der Waals surface area contributed by atoms with Crippen molar-refractivity contribution in [2.24, 2.45) is 5.41 Å². The molecule has 0 saturated heterocycles. The second-order valence-corrected chi connectivity index (χ2v) is 5.03. The zero-order valence-electron chi connectivity index (χ0n) is 9.22. The predicted molar refractivity (Wildman–Crippen MR) is 58.7 cm³/mol. The predicted octanol–water partition coefficient (Wildman–Crippen LogP) is 2.42. The number of carbonyl (C=O) groups is 1. The normalized spacial score (nSPS) is 24.2. The number of amides is 1. The van der Waals surface area contributed by atoms with E-state index in [1.165, 1.54) is 12.8 Å². The van der Waals surface area contributed by atoms with E-state index in [1.54, 1.807) is 25.1 Å². The minimum atomic E-state index is -0.398. The van der Waals surface area contributed by atoms with Gasteiger partial charge in [0.15, 0.2) is 0 Å². The van der Waals surface area contributed by atoms with Gasteiger partial charge in [0.05, 0.1) is 5.56 Å². The monoisotopic (exact) mass is 219 g/mol. The second-order valence-electron chi connectivity index (χ2n) is 5.03. The van der Waals surface area contributed by atoms with Crippen molar-refractivity contribution in [3.8, 4) is 0 Å². The van der Waals surface area contributed by atoms with Gasteiger partial charge in [-0.2, -0.15) is 0 Å². The van der Waals surface area contributed by atoms with E-state index in [2.05, 4.69) is 5.32 Å². The van der Waals surface area contributed by atoms with Crippen LogP contribution in [0, 0.1) is 18.2 Å². The largest absolute Gasteiger partial charge is 0.349 e. The summed E-state index contributed by atoms with van der Waals surface area (Å²) in [7, 11) is 0. The molecule has 84 valence electrons. The third kappa shape index (κ3) is 1.42. The Morgan fingerprint density at radius 1 is 1.50 bits per heavy atom. The third-order valence-electron chi connectivity index (χ3n) is 3.82. The average Bonchev–Trinajstić information content (AvgIpc) is 3.14. The molecule has 0 unspecified atom stereocenters. The highest BCUT2D eigenvalue weighted by Gasteiger charge is 2.63. The topological polar surface area (TPSA) is 29.1 Å². The first-order valence-corrected chi connectivity index (χ1v) is 5.68. The van der Waals surface area contributed by atoms with Crippen LogP contribution in [0.25, 0.3) is 0 Å². The van der Waals surface area contributed by atoms with E-state index in [9.17, 15) is 9.18 Å². The molecule has 0 heterocycles. The molecule has 1 aromatic carbocycles. The van der Waals surface area contributed by atoms with E-state index < -0.39 is 5.82 Å². The Balaban J connectivity index is 1.76. The fraction of sp³-hybridized carbons (Fsp3) is 0.462. The summed E-state index contributed by atoms with van der Waals surface area (Å²) in [5, 5.41) is 2.91. The van der Waals surface area contributed by atoms with Crippen LogP contribution in [0.2, 0.25) is 0 Å². The molecule has 1 amide bonds. The number of aryl methyl sites for hydroxylation is 1. The van der Waals surface area contributed by atoms with Crippen molar-refractivity contribution in [1.29, 1.82) is 0 Å². The number of hydrogen-bond acceptors (Lipinski definition) is 1. The van der Waals surface area contributed by atoms with E-state index in [0.29, 0.717) is 17.0 Å². The molecule has 1 aromatic rings. The van der Waals surface area contributed by atoms with Crippen LogP contribution in [0.1, 0.15) is 35.2 Å². The van der Waals surface area contributed by atoms with Gasteiger partial charge in [0.1, 0.15) is 5.82 Å². The van der Waals surface area contributed by atoms with Gasteiger partial charge in [-0.3, -0.25) is 4.79 Å². The Bertz CT molecular complexity index is 465. The molecular weight excluding hydrogens is 205 g/mol. The van der Waals surface area contributed by atoms with Crippen molar-refractivity contribution in [3.05, 3.63) is 35.1 Å². The summed E-state index contributed by atoms with van der Waals surface area (Å²) < 4.78 is 13.7. The Labute approximate surface area is 93.9 Å². The minimum Gasteiger partial charge on any atom is -0.349 e. The van der Waals surface area contributed by atoms with E-state index >= 15 is 0 Å². The number of hydrogen-bond donors (Lipinski definition) is 1. The SMILES string of the molecule is Cc1cccc(C(=O)N[C@H]2CC23CC3)c1F. The Hall–Kier alpha value is -1.38. The van der Waals surface area contributed by atoms with E-state index in [1.807, 2.05) is 0 Å². The van der Waals surface area contributed by atoms with Crippen LogP contribution in [-0.2, 0) is 0 Å². The lowest BCUT2D eigenvalue weighted by Gasteiger charge is -2.06. The Morgan fingerprint density at radius 2 is 2.25 bits per heavy atom. The first kappa shape index (κ1) is 9.82. The summed E-state index contributed by atoms with van der Waals surface area (Å²) in [6.45, 7) is 1.67. The number of carbonyl (C=O) groups excluding carboxylic acids is 1.